The van der Waals surface area contributed by atoms with Crippen LogP contribution < -0.4 is 5.32 Å². The number of urea groups is 1. The smallest absolute Gasteiger partial charge is 0.326 e. The summed E-state index contributed by atoms with van der Waals surface area (Å²) < 4.78 is 0. The summed E-state index contributed by atoms with van der Waals surface area (Å²) in [4.78, 5) is 47.8. The fraction of sp³-hybridized carbons (Fsp3) is 0.280. The van der Waals surface area contributed by atoms with Gasteiger partial charge >= 0.3 is 6.03 Å². The second-order valence-electron chi connectivity index (χ2n) is 8.64. The first-order valence-corrected chi connectivity index (χ1v) is 11.0. The van der Waals surface area contributed by atoms with Gasteiger partial charge in [0.15, 0.2) is 0 Å². The number of piperazine rings is 1. The van der Waals surface area contributed by atoms with Gasteiger partial charge in [-0.25, -0.2) is 9.69 Å². The Hall–Kier alpha value is -3.78. The highest BCUT2D eigenvalue weighted by atomic mass is 16.2. The molecule has 3 aromatic rings. The van der Waals surface area contributed by atoms with Crippen LogP contribution in [0.25, 0.3) is 10.8 Å². The quantitative estimate of drug-likeness (QED) is 0.626. The van der Waals surface area contributed by atoms with Crippen LogP contribution in [-0.4, -0.2) is 70.4 Å². The summed E-state index contributed by atoms with van der Waals surface area (Å²) in [6.45, 7) is 4.19. The third kappa shape index (κ3) is 3.82. The van der Waals surface area contributed by atoms with E-state index in [9.17, 15) is 14.4 Å². The van der Waals surface area contributed by atoms with Crippen molar-refractivity contribution < 1.29 is 14.4 Å². The fourth-order valence-corrected chi connectivity index (χ4v) is 4.49. The maximum atomic E-state index is 13.4. The van der Waals surface area contributed by atoms with E-state index < -0.39 is 11.6 Å². The largest absolute Gasteiger partial charge is 0.336 e. The number of hydrogen-bond donors (Lipinski definition) is 1. The lowest BCUT2D eigenvalue weighted by molar-refractivity contribution is -0.132. The third-order valence-electron chi connectivity index (χ3n) is 6.53. The maximum Gasteiger partial charge on any atom is 0.326 e. The lowest BCUT2D eigenvalue weighted by atomic mass is 9.90. The molecule has 2 aliphatic rings. The second kappa shape index (κ2) is 8.29. The molecule has 2 aliphatic heterocycles. The van der Waals surface area contributed by atoms with Crippen LogP contribution in [0.2, 0.25) is 0 Å². The van der Waals surface area contributed by atoms with Crippen molar-refractivity contribution in [2.24, 2.45) is 0 Å². The van der Waals surface area contributed by atoms with Gasteiger partial charge in [-0.05, 0) is 41.5 Å². The SMILES string of the molecule is C[C@]1(c2ccc3ccccc3c2)NC(=O)N(CN2CCN(C(=O)c3ccncc3)CC2)C1=O. The summed E-state index contributed by atoms with van der Waals surface area (Å²) in [5, 5.41) is 4.99. The summed E-state index contributed by atoms with van der Waals surface area (Å²) in [6, 6.07) is 16.8. The number of nitrogens with zero attached hydrogens (tertiary/aromatic N) is 4. The van der Waals surface area contributed by atoms with E-state index in [0.29, 0.717) is 31.7 Å². The fourth-order valence-electron chi connectivity index (χ4n) is 4.49. The Labute approximate surface area is 191 Å². The Balaban J connectivity index is 1.26. The lowest BCUT2D eigenvalue weighted by Crippen LogP contribution is -2.52. The molecule has 3 heterocycles. The van der Waals surface area contributed by atoms with Crippen LogP contribution in [0, 0.1) is 0 Å². The monoisotopic (exact) mass is 443 g/mol. The highest BCUT2D eigenvalue weighted by molar-refractivity contribution is 6.07. The number of fused-ring (bicyclic) bond motifs is 1. The van der Waals surface area contributed by atoms with Crippen molar-refractivity contribution in [1.29, 1.82) is 0 Å². The van der Waals surface area contributed by atoms with E-state index in [2.05, 4.69) is 10.3 Å². The minimum absolute atomic E-state index is 0.0316. The number of benzene rings is 2. The van der Waals surface area contributed by atoms with Crippen LogP contribution in [0.5, 0.6) is 0 Å². The summed E-state index contributed by atoms with van der Waals surface area (Å²) >= 11 is 0. The van der Waals surface area contributed by atoms with Gasteiger partial charge in [0.05, 0.1) is 6.67 Å². The first-order valence-electron chi connectivity index (χ1n) is 11.0. The van der Waals surface area contributed by atoms with Gasteiger partial charge in [0.2, 0.25) is 0 Å². The maximum absolute atomic E-state index is 13.4. The van der Waals surface area contributed by atoms with E-state index in [1.165, 1.54) is 4.90 Å². The molecule has 0 radical (unpaired) electrons. The molecule has 1 N–H and O–H groups in total. The Morgan fingerprint density at radius 3 is 2.39 bits per heavy atom. The van der Waals surface area contributed by atoms with Crippen molar-refractivity contribution in [3.63, 3.8) is 0 Å². The van der Waals surface area contributed by atoms with Crippen molar-refractivity contribution in [3.8, 4) is 0 Å². The zero-order valence-electron chi connectivity index (χ0n) is 18.4. The molecular weight excluding hydrogens is 418 g/mol. The van der Waals surface area contributed by atoms with Crippen LogP contribution >= 0.6 is 0 Å². The Kier molecular flexibility index (Phi) is 5.30. The number of carbonyl (C=O) groups excluding carboxylic acids is 3. The average Bonchev–Trinajstić information content (AvgIpc) is 3.08. The molecule has 2 saturated heterocycles. The van der Waals surface area contributed by atoms with E-state index >= 15 is 0 Å². The van der Waals surface area contributed by atoms with Gasteiger partial charge in [-0.1, -0.05) is 36.4 Å². The summed E-state index contributed by atoms with van der Waals surface area (Å²) in [7, 11) is 0. The average molecular weight is 444 g/mol. The van der Waals surface area contributed by atoms with Crippen molar-refractivity contribution in [3.05, 3.63) is 78.1 Å². The molecule has 4 amide bonds. The van der Waals surface area contributed by atoms with Crippen LogP contribution in [-0.2, 0) is 10.3 Å². The molecule has 5 rings (SSSR count). The number of nitrogens with one attached hydrogen (secondary N) is 1. The summed E-state index contributed by atoms with van der Waals surface area (Å²) in [5.74, 6) is -0.297. The van der Waals surface area contributed by atoms with Gasteiger partial charge in [-0.2, -0.15) is 0 Å². The molecule has 0 aliphatic carbocycles. The van der Waals surface area contributed by atoms with Gasteiger partial charge in [0.1, 0.15) is 5.54 Å². The molecular formula is C25H25N5O3. The van der Waals surface area contributed by atoms with Crippen molar-refractivity contribution in [2.45, 2.75) is 12.5 Å². The lowest BCUT2D eigenvalue weighted by Gasteiger charge is -2.36. The minimum atomic E-state index is -1.11. The van der Waals surface area contributed by atoms with E-state index in [0.717, 1.165) is 16.3 Å². The molecule has 0 saturated carbocycles. The number of rotatable bonds is 4. The van der Waals surface area contributed by atoms with Crippen LogP contribution in [0.15, 0.2) is 67.0 Å². The van der Waals surface area contributed by atoms with Crippen LogP contribution in [0.3, 0.4) is 0 Å². The van der Waals surface area contributed by atoms with E-state index in [1.54, 1.807) is 36.4 Å². The number of carbonyl (C=O) groups is 3. The topological polar surface area (TPSA) is 85.8 Å². The Bertz CT molecular complexity index is 1220. The molecule has 0 unspecified atom stereocenters. The number of hydrogen-bond acceptors (Lipinski definition) is 5. The molecule has 1 atom stereocenters. The predicted molar refractivity (Wildman–Crippen MR) is 123 cm³/mol. The van der Waals surface area contributed by atoms with Crippen LogP contribution in [0.4, 0.5) is 4.79 Å². The molecule has 0 spiro atoms. The van der Waals surface area contributed by atoms with Crippen molar-refractivity contribution in [2.75, 3.05) is 32.8 Å². The van der Waals surface area contributed by atoms with Gasteiger partial charge < -0.3 is 10.2 Å². The number of aromatic nitrogens is 1. The molecule has 1 aromatic heterocycles. The van der Waals surface area contributed by atoms with E-state index in [1.807, 2.05) is 47.4 Å². The summed E-state index contributed by atoms with van der Waals surface area (Å²) in [6.07, 6.45) is 3.21. The van der Waals surface area contributed by atoms with E-state index in [4.69, 9.17) is 0 Å². The predicted octanol–water partition coefficient (Wildman–Crippen LogP) is 2.42. The molecule has 33 heavy (non-hydrogen) atoms. The highest BCUT2D eigenvalue weighted by Crippen LogP contribution is 2.31. The van der Waals surface area contributed by atoms with E-state index in [-0.39, 0.29) is 18.5 Å². The van der Waals surface area contributed by atoms with Crippen molar-refractivity contribution in [1.82, 2.24) is 25.0 Å². The Morgan fingerprint density at radius 2 is 1.67 bits per heavy atom. The van der Waals surface area contributed by atoms with Gasteiger partial charge in [0.25, 0.3) is 11.8 Å². The number of amides is 4. The zero-order valence-corrected chi connectivity index (χ0v) is 18.4. The highest BCUT2D eigenvalue weighted by Gasteiger charge is 2.49. The Morgan fingerprint density at radius 1 is 0.970 bits per heavy atom. The first kappa shape index (κ1) is 21.1. The molecule has 8 heteroatoms. The van der Waals surface area contributed by atoms with Gasteiger partial charge in [-0.3, -0.25) is 19.5 Å². The second-order valence-corrected chi connectivity index (χ2v) is 8.64. The van der Waals surface area contributed by atoms with Gasteiger partial charge in [-0.15, -0.1) is 0 Å². The molecule has 8 nitrogen and oxygen atoms in total. The molecule has 2 fully saturated rings. The molecule has 0 bridgehead atoms. The number of imide groups is 1. The summed E-state index contributed by atoms with van der Waals surface area (Å²) in [5.41, 5.74) is 0.258. The molecule has 2 aromatic carbocycles. The normalized spacial score (nSPS) is 21.5. The minimum Gasteiger partial charge on any atom is -0.336 e. The third-order valence-corrected chi connectivity index (χ3v) is 6.53. The zero-order chi connectivity index (χ0) is 23.0. The van der Waals surface area contributed by atoms with Crippen molar-refractivity contribution >= 4 is 28.6 Å². The van der Waals surface area contributed by atoms with Crippen LogP contribution in [0.1, 0.15) is 22.8 Å². The standard InChI is InChI=1S/C25H25N5O3/c1-25(21-7-6-18-4-2-3-5-20(18)16-21)23(32)30(24(33)27-25)17-28-12-14-29(15-13-28)22(31)19-8-10-26-11-9-19/h2-11,16H,12-15,17H2,1H3,(H,27,33)/t25-/m1/s1. The molecule has 168 valence electrons. The first-order chi connectivity index (χ1) is 16.0. The van der Waals surface area contributed by atoms with Gasteiger partial charge in [0, 0.05) is 44.1 Å². The number of pyridine rings is 1.